The van der Waals surface area contributed by atoms with E-state index in [-0.39, 0.29) is 0 Å². The first-order valence-electron chi connectivity index (χ1n) is 3.56. The lowest BCUT2D eigenvalue weighted by atomic mass is 10.4. The molecule has 0 aliphatic rings. The third-order valence-electron chi connectivity index (χ3n) is 1.29. The summed E-state index contributed by atoms with van der Waals surface area (Å²) in [6.45, 7) is 1.83. The van der Waals surface area contributed by atoms with Crippen molar-refractivity contribution in [2.45, 2.75) is 11.8 Å². The van der Waals surface area contributed by atoms with Crippen LogP contribution in [0.4, 0.5) is 5.69 Å². The standard InChI is InChI=1S/C9H10N2S/c1-2-3-6-12-9-4-5-11-7-8(9)10/h4-5,7H,6,10H2,1H3. The van der Waals surface area contributed by atoms with Gasteiger partial charge in [-0.15, -0.1) is 17.7 Å². The van der Waals surface area contributed by atoms with Crippen LogP contribution >= 0.6 is 11.8 Å². The molecule has 62 valence electrons. The van der Waals surface area contributed by atoms with Gasteiger partial charge in [0.15, 0.2) is 0 Å². The molecule has 0 aliphatic heterocycles. The highest BCUT2D eigenvalue weighted by atomic mass is 32.2. The number of thioether (sulfide) groups is 1. The number of nitrogens with two attached hydrogens (primary N) is 1. The van der Waals surface area contributed by atoms with E-state index in [1.54, 1.807) is 24.2 Å². The van der Waals surface area contributed by atoms with E-state index >= 15 is 0 Å². The van der Waals surface area contributed by atoms with Gasteiger partial charge in [0.05, 0.1) is 17.6 Å². The van der Waals surface area contributed by atoms with Crippen molar-refractivity contribution in [3.63, 3.8) is 0 Å². The lowest BCUT2D eigenvalue weighted by Crippen LogP contribution is -1.89. The van der Waals surface area contributed by atoms with E-state index < -0.39 is 0 Å². The molecular weight excluding hydrogens is 168 g/mol. The third kappa shape index (κ3) is 2.48. The second-order valence-corrected chi connectivity index (χ2v) is 3.15. The molecule has 2 N–H and O–H groups in total. The van der Waals surface area contributed by atoms with Gasteiger partial charge in [0.1, 0.15) is 0 Å². The Bertz CT molecular complexity index is 312. The SMILES string of the molecule is CC#CCSc1ccncc1N. The van der Waals surface area contributed by atoms with E-state index in [0.717, 1.165) is 16.3 Å². The maximum atomic E-state index is 5.67. The van der Waals surface area contributed by atoms with Gasteiger partial charge in [-0.1, -0.05) is 5.92 Å². The predicted octanol–water partition coefficient (Wildman–Crippen LogP) is 1.78. The van der Waals surface area contributed by atoms with Crippen LogP contribution < -0.4 is 5.73 Å². The zero-order valence-corrected chi connectivity index (χ0v) is 7.69. The molecule has 0 spiro atoms. The zero-order chi connectivity index (χ0) is 8.81. The maximum absolute atomic E-state index is 5.67. The van der Waals surface area contributed by atoms with Crippen LogP contribution in [0.5, 0.6) is 0 Å². The van der Waals surface area contributed by atoms with Crippen LogP contribution in [-0.2, 0) is 0 Å². The number of rotatable bonds is 2. The minimum atomic E-state index is 0.723. The van der Waals surface area contributed by atoms with Crippen molar-refractivity contribution >= 4 is 17.4 Å². The lowest BCUT2D eigenvalue weighted by molar-refractivity contribution is 1.27. The van der Waals surface area contributed by atoms with Crippen LogP contribution in [-0.4, -0.2) is 10.7 Å². The fourth-order valence-electron chi connectivity index (χ4n) is 0.711. The number of nitrogens with zero attached hydrogens (tertiary/aromatic N) is 1. The molecule has 1 rings (SSSR count). The Morgan fingerprint density at radius 3 is 3.17 bits per heavy atom. The smallest absolute Gasteiger partial charge is 0.0639 e. The van der Waals surface area contributed by atoms with E-state index in [1.807, 2.05) is 13.0 Å². The summed E-state index contributed by atoms with van der Waals surface area (Å²) in [5, 5.41) is 0. The molecule has 0 atom stereocenters. The minimum absolute atomic E-state index is 0.723. The van der Waals surface area contributed by atoms with Crippen LogP contribution in [0.3, 0.4) is 0 Å². The van der Waals surface area contributed by atoms with E-state index in [4.69, 9.17) is 5.73 Å². The number of nitrogen functional groups attached to an aromatic ring is 1. The molecule has 0 amide bonds. The normalized spacial score (nSPS) is 8.75. The first kappa shape index (κ1) is 8.95. The summed E-state index contributed by atoms with van der Waals surface area (Å²) in [5.41, 5.74) is 6.39. The van der Waals surface area contributed by atoms with Crippen LogP contribution in [0, 0.1) is 11.8 Å². The summed E-state index contributed by atoms with van der Waals surface area (Å²) in [4.78, 5) is 4.95. The van der Waals surface area contributed by atoms with Gasteiger partial charge in [0.2, 0.25) is 0 Å². The summed E-state index contributed by atoms with van der Waals surface area (Å²) in [5.74, 6) is 6.57. The average Bonchev–Trinajstić information content (AvgIpc) is 2.09. The molecule has 0 radical (unpaired) electrons. The maximum Gasteiger partial charge on any atom is 0.0639 e. The van der Waals surface area contributed by atoms with Gasteiger partial charge in [-0.3, -0.25) is 4.98 Å². The van der Waals surface area contributed by atoms with E-state index in [2.05, 4.69) is 16.8 Å². The molecule has 0 unspecified atom stereocenters. The molecular formula is C9H10N2S. The van der Waals surface area contributed by atoms with Gasteiger partial charge >= 0.3 is 0 Å². The van der Waals surface area contributed by atoms with Gasteiger partial charge in [-0.05, 0) is 13.0 Å². The zero-order valence-electron chi connectivity index (χ0n) is 6.87. The van der Waals surface area contributed by atoms with Crippen LogP contribution in [0.25, 0.3) is 0 Å². The topological polar surface area (TPSA) is 38.9 Å². The molecule has 0 saturated carbocycles. The minimum Gasteiger partial charge on any atom is -0.397 e. The summed E-state index contributed by atoms with van der Waals surface area (Å²) in [6.07, 6.45) is 3.39. The van der Waals surface area contributed by atoms with Gasteiger partial charge < -0.3 is 5.73 Å². The number of anilines is 1. The molecule has 0 saturated heterocycles. The van der Waals surface area contributed by atoms with Gasteiger partial charge in [-0.25, -0.2) is 0 Å². The van der Waals surface area contributed by atoms with E-state index in [9.17, 15) is 0 Å². The lowest BCUT2D eigenvalue weighted by Gasteiger charge is -1.99. The monoisotopic (exact) mass is 178 g/mol. The molecule has 1 aromatic heterocycles. The molecule has 0 aliphatic carbocycles. The second-order valence-electron chi connectivity index (χ2n) is 2.13. The highest BCUT2D eigenvalue weighted by Crippen LogP contribution is 2.22. The Kier molecular flexibility index (Phi) is 3.49. The highest BCUT2D eigenvalue weighted by Gasteiger charge is 1.95. The Balaban J connectivity index is 2.61. The van der Waals surface area contributed by atoms with Crippen LogP contribution in [0.1, 0.15) is 6.92 Å². The van der Waals surface area contributed by atoms with Crippen molar-refractivity contribution in [3.05, 3.63) is 18.5 Å². The van der Waals surface area contributed by atoms with Crippen molar-refractivity contribution in [2.75, 3.05) is 11.5 Å². The van der Waals surface area contributed by atoms with Gasteiger partial charge in [0.25, 0.3) is 0 Å². The number of pyridine rings is 1. The molecule has 0 aromatic carbocycles. The molecule has 0 bridgehead atoms. The summed E-state index contributed by atoms with van der Waals surface area (Å²) < 4.78 is 0. The van der Waals surface area contributed by atoms with Crippen molar-refractivity contribution in [2.24, 2.45) is 0 Å². The van der Waals surface area contributed by atoms with E-state index in [1.165, 1.54) is 0 Å². The summed E-state index contributed by atoms with van der Waals surface area (Å²) in [6, 6.07) is 1.90. The summed E-state index contributed by atoms with van der Waals surface area (Å²) in [7, 11) is 0. The largest absolute Gasteiger partial charge is 0.397 e. The van der Waals surface area contributed by atoms with Crippen LogP contribution in [0.2, 0.25) is 0 Å². The first-order valence-corrected chi connectivity index (χ1v) is 4.55. The van der Waals surface area contributed by atoms with E-state index in [0.29, 0.717) is 0 Å². The number of hydrogen-bond donors (Lipinski definition) is 1. The fourth-order valence-corrected chi connectivity index (χ4v) is 1.46. The Labute approximate surface area is 76.6 Å². The first-order chi connectivity index (χ1) is 5.84. The quantitative estimate of drug-likeness (QED) is 0.554. The number of hydrogen-bond acceptors (Lipinski definition) is 3. The third-order valence-corrected chi connectivity index (χ3v) is 2.26. The molecule has 0 fully saturated rings. The van der Waals surface area contributed by atoms with Crippen molar-refractivity contribution < 1.29 is 0 Å². The Morgan fingerprint density at radius 1 is 1.67 bits per heavy atom. The molecule has 2 nitrogen and oxygen atoms in total. The average molecular weight is 178 g/mol. The van der Waals surface area contributed by atoms with Gasteiger partial charge in [-0.2, -0.15) is 0 Å². The Morgan fingerprint density at radius 2 is 2.50 bits per heavy atom. The highest BCUT2D eigenvalue weighted by molar-refractivity contribution is 7.99. The molecule has 1 aromatic rings. The molecule has 12 heavy (non-hydrogen) atoms. The van der Waals surface area contributed by atoms with Crippen LogP contribution in [0.15, 0.2) is 23.4 Å². The Hall–Kier alpha value is -1.14. The molecule has 3 heteroatoms. The second kappa shape index (κ2) is 4.68. The van der Waals surface area contributed by atoms with Crippen molar-refractivity contribution in [1.29, 1.82) is 0 Å². The molecule has 1 heterocycles. The number of aromatic nitrogens is 1. The fraction of sp³-hybridized carbons (Fsp3) is 0.222. The van der Waals surface area contributed by atoms with Crippen molar-refractivity contribution in [3.8, 4) is 11.8 Å². The summed E-state index contributed by atoms with van der Waals surface area (Å²) >= 11 is 1.63. The predicted molar refractivity (Wildman–Crippen MR) is 52.8 cm³/mol. The van der Waals surface area contributed by atoms with Crippen molar-refractivity contribution in [1.82, 2.24) is 4.98 Å². The van der Waals surface area contributed by atoms with Gasteiger partial charge in [0, 0.05) is 11.1 Å².